The van der Waals surface area contributed by atoms with Crippen LogP contribution in [0.1, 0.15) is 69.5 Å². The monoisotopic (exact) mass is 501 g/mol. The number of nitrogens with zero attached hydrogens (tertiary/aromatic N) is 3. The van der Waals surface area contributed by atoms with E-state index in [9.17, 15) is 14.3 Å². The van der Waals surface area contributed by atoms with Crippen LogP contribution in [0.4, 0.5) is 4.39 Å². The van der Waals surface area contributed by atoms with Crippen LogP contribution in [0.3, 0.4) is 0 Å². The Bertz CT molecular complexity index is 1280. The van der Waals surface area contributed by atoms with E-state index in [4.69, 9.17) is 0 Å². The Labute approximate surface area is 218 Å². The molecule has 4 aliphatic rings. The van der Waals surface area contributed by atoms with Gasteiger partial charge in [0.1, 0.15) is 5.82 Å². The number of allylic oxidation sites excluding steroid dienone is 3. The lowest BCUT2D eigenvalue weighted by Crippen LogP contribution is -2.45. The van der Waals surface area contributed by atoms with Crippen LogP contribution in [-0.4, -0.2) is 44.4 Å². The molecule has 6 heteroatoms. The van der Waals surface area contributed by atoms with Crippen molar-refractivity contribution in [3.63, 3.8) is 0 Å². The van der Waals surface area contributed by atoms with Crippen LogP contribution < -0.4 is 0 Å². The normalized spacial score (nSPS) is 28.9. The fourth-order valence-corrected chi connectivity index (χ4v) is 6.99. The lowest BCUT2D eigenvalue weighted by Gasteiger charge is -2.43. The van der Waals surface area contributed by atoms with Gasteiger partial charge in [-0.05, 0) is 93.7 Å². The minimum absolute atomic E-state index is 0.0946. The number of halogens is 1. The first-order valence-electron chi connectivity index (χ1n) is 13.8. The maximum atomic E-state index is 13.5. The van der Waals surface area contributed by atoms with E-state index in [1.165, 1.54) is 24.1 Å². The highest BCUT2D eigenvalue weighted by molar-refractivity contribution is 5.82. The molecule has 0 radical (unpaired) electrons. The quantitative estimate of drug-likeness (QED) is 0.565. The van der Waals surface area contributed by atoms with Crippen molar-refractivity contribution in [1.82, 2.24) is 14.7 Å². The van der Waals surface area contributed by atoms with Crippen LogP contribution in [0.5, 0.6) is 0 Å². The molecule has 1 aromatic heterocycles. The molecular weight excluding hydrogens is 465 g/mol. The molecule has 37 heavy (non-hydrogen) atoms. The van der Waals surface area contributed by atoms with E-state index in [0.717, 1.165) is 80.6 Å². The highest BCUT2D eigenvalue weighted by atomic mass is 19.1. The predicted molar refractivity (Wildman–Crippen MR) is 142 cm³/mol. The van der Waals surface area contributed by atoms with Crippen LogP contribution in [0.25, 0.3) is 11.8 Å². The van der Waals surface area contributed by atoms with Crippen molar-refractivity contribution in [3.05, 3.63) is 76.9 Å². The van der Waals surface area contributed by atoms with Gasteiger partial charge in [-0.15, -0.1) is 0 Å². The third kappa shape index (κ3) is 4.19. The number of likely N-dealkylation sites (tertiary alicyclic amines) is 1. The van der Waals surface area contributed by atoms with E-state index >= 15 is 0 Å². The molecule has 1 amide bonds. The van der Waals surface area contributed by atoms with E-state index in [1.807, 2.05) is 10.9 Å². The molecule has 2 heterocycles. The maximum Gasteiger partial charge on any atom is 0.230 e. The molecule has 5 nitrogen and oxygen atoms in total. The summed E-state index contributed by atoms with van der Waals surface area (Å²) in [5.74, 6) is -0.0983. The molecule has 0 spiro atoms. The lowest BCUT2D eigenvalue weighted by atomic mass is 9.65. The average Bonchev–Trinajstić information content (AvgIpc) is 3.44. The van der Waals surface area contributed by atoms with Crippen molar-refractivity contribution < 1.29 is 14.3 Å². The van der Waals surface area contributed by atoms with Gasteiger partial charge in [0.15, 0.2) is 0 Å². The van der Waals surface area contributed by atoms with Crippen LogP contribution in [-0.2, 0) is 11.2 Å². The second-order valence-corrected chi connectivity index (χ2v) is 11.5. The number of aliphatic hydroxyl groups is 1. The minimum Gasteiger partial charge on any atom is -0.389 e. The van der Waals surface area contributed by atoms with Crippen molar-refractivity contribution in [2.75, 3.05) is 13.1 Å². The molecule has 194 valence electrons. The molecule has 1 unspecified atom stereocenters. The number of carbonyl (C=O) groups is 1. The van der Waals surface area contributed by atoms with Crippen molar-refractivity contribution >= 4 is 12.0 Å². The van der Waals surface area contributed by atoms with Crippen LogP contribution in [0, 0.1) is 17.2 Å². The third-order valence-corrected chi connectivity index (χ3v) is 9.41. The van der Waals surface area contributed by atoms with Gasteiger partial charge in [-0.3, -0.25) is 4.79 Å². The number of hydrogen-bond acceptors (Lipinski definition) is 3. The van der Waals surface area contributed by atoms with E-state index in [-0.39, 0.29) is 23.1 Å². The van der Waals surface area contributed by atoms with Gasteiger partial charge in [-0.2, -0.15) is 5.10 Å². The zero-order chi connectivity index (χ0) is 25.6. The van der Waals surface area contributed by atoms with Gasteiger partial charge >= 0.3 is 0 Å². The van der Waals surface area contributed by atoms with E-state index in [0.29, 0.717) is 6.42 Å². The molecule has 3 aliphatic carbocycles. The summed E-state index contributed by atoms with van der Waals surface area (Å²) in [6, 6.07) is 6.40. The van der Waals surface area contributed by atoms with E-state index in [1.54, 1.807) is 12.1 Å². The molecule has 2 fully saturated rings. The summed E-state index contributed by atoms with van der Waals surface area (Å²) in [4.78, 5) is 15.4. The number of rotatable bonds is 5. The molecule has 1 saturated carbocycles. The Morgan fingerprint density at radius 2 is 1.97 bits per heavy atom. The second-order valence-electron chi connectivity index (χ2n) is 11.5. The Morgan fingerprint density at radius 3 is 2.76 bits per heavy atom. The topological polar surface area (TPSA) is 58.4 Å². The molecule has 6 rings (SSSR count). The number of benzene rings is 1. The number of hydrogen-bond donors (Lipinski definition) is 1. The van der Waals surface area contributed by atoms with Crippen LogP contribution in [0.2, 0.25) is 0 Å². The van der Waals surface area contributed by atoms with Crippen LogP contribution >= 0.6 is 0 Å². The molecular formula is C31H36FN3O2. The van der Waals surface area contributed by atoms with Gasteiger partial charge in [-0.1, -0.05) is 36.3 Å². The molecule has 0 bridgehead atoms. The van der Waals surface area contributed by atoms with Crippen molar-refractivity contribution in [2.24, 2.45) is 11.3 Å². The number of piperidine rings is 1. The third-order valence-electron chi connectivity index (χ3n) is 9.41. The summed E-state index contributed by atoms with van der Waals surface area (Å²) < 4.78 is 15.3. The lowest BCUT2D eigenvalue weighted by molar-refractivity contribution is -0.135. The summed E-state index contributed by atoms with van der Waals surface area (Å²) in [6.07, 6.45) is 18.2. The van der Waals surface area contributed by atoms with Crippen molar-refractivity contribution in [3.8, 4) is 5.69 Å². The molecule has 3 atom stereocenters. The van der Waals surface area contributed by atoms with E-state index < -0.39 is 5.60 Å². The first kappa shape index (κ1) is 24.4. The smallest absolute Gasteiger partial charge is 0.230 e. The Kier molecular flexibility index (Phi) is 6.18. The molecule has 1 aromatic carbocycles. The van der Waals surface area contributed by atoms with Gasteiger partial charge in [-0.25, -0.2) is 9.07 Å². The number of aromatic nitrogens is 2. The van der Waals surface area contributed by atoms with Crippen molar-refractivity contribution in [1.29, 1.82) is 0 Å². The summed E-state index contributed by atoms with van der Waals surface area (Å²) in [7, 11) is 0. The average molecular weight is 502 g/mol. The highest BCUT2D eigenvalue weighted by Gasteiger charge is 2.55. The van der Waals surface area contributed by atoms with Crippen LogP contribution in [0.15, 0.2) is 59.8 Å². The number of amides is 1. The zero-order valence-corrected chi connectivity index (χ0v) is 21.6. The summed E-state index contributed by atoms with van der Waals surface area (Å²) in [5.41, 5.74) is 4.17. The molecule has 2 aromatic rings. The largest absolute Gasteiger partial charge is 0.389 e. The predicted octanol–water partition coefficient (Wildman–Crippen LogP) is 5.78. The molecule has 1 aliphatic heterocycles. The van der Waals surface area contributed by atoms with Crippen molar-refractivity contribution in [2.45, 2.75) is 70.3 Å². The van der Waals surface area contributed by atoms with Gasteiger partial charge in [0.05, 0.1) is 29.1 Å². The minimum atomic E-state index is -0.838. The molecule has 1 saturated heterocycles. The van der Waals surface area contributed by atoms with Gasteiger partial charge in [0.25, 0.3) is 0 Å². The Balaban J connectivity index is 1.21. The second kappa shape index (κ2) is 9.39. The standard InChI is InChI=1S/C31H36FN3O2/c1-30-20-23-21-33-35(26-11-9-25(32)10-12-26)28(23)19-24(30)14-16-31(30,37)15-13-22-7-3-4-8-27(22)29(36)34-17-5-2-6-18-34/h3-4,7,9-12,19,21,27,37H,2,5-6,8,13-18,20H2,1H3/t27?,30-,31-/m0/s1. The fraction of sp³-hybridized carbons (Fsp3) is 0.484. The van der Waals surface area contributed by atoms with Gasteiger partial charge in [0.2, 0.25) is 5.91 Å². The number of fused-ring (bicyclic) bond motifs is 2. The van der Waals surface area contributed by atoms with Gasteiger partial charge in [0, 0.05) is 18.5 Å². The highest BCUT2D eigenvalue weighted by Crippen LogP contribution is 2.57. The SMILES string of the molecule is C[C@]12Cc3cnn(-c4ccc(F)cc4)c3C=C1CC[C@@]2(O)CCC1=CC=CCC1C(=O)N1CCCCC1. The maximum absolute atomic E-state index is 13.5. The van der Waals surface area contributed by atoms with E-state index in [2.05, 4.69) is 41.2 Å². The zero-order valence-electron chi connectivity index (χ0n) is 21.6. The first-order chi connectivity index (χ1) is 17.9. The molecule has 1 N–H and O–H groups in total. The van der Waals surface area contributed by atoms with Gasteiger partial charge < -0.3 is 10.0 Å². The number of carbonyl (C=O) groups excluding carboxylic acids is 1. The Hall–Kier alpha value is -2.99. The summed E-state index contributed by atoms with van der Waals surface area (Å²) in [6.45, 7) is 3.93. The first-order valence-corrected chi connectivity index (χ1v) is 13.8. The fourth-order valence-electron chi connectivity index (χ4n) is 6.99. The Morgan fingerprint density at radius 1 is 1.19 bits per heavy atom. The summed E-state index contributed by atoms with van der Waals surface area (Å²) >= 11 is 0. The summed E-state index contributed by atoms with van der Waals surface area (Å²) in [5, 5.41) is 16.7.